The zero-order chi connectivity index (χ0) is 25.5. The van der Waals surface area contributed by atoms with Crippen LogP contribution in [0.4, 0.5) is 5.82 Å². The van der Waals surface area contributed by atoms with Gasteiger partial charge < -0.3 is 35.6 Å². The summed E-state index contributed by atoms with van der Waals surface area (Å²) >= 11 is 6.90. The van der Waals surface area contributed by atoms with Crippen LogP contribution in [-0.2, 0) is 25.5 Å². The maximum Gasteiger partial charge on any atom is 0.348 e. The third-order valence-electron chi connectivity index (χ3n) is 5.50. The quantitative estimate of drug-likeness (QED) is 0.140. The Bertz CT molecular complexity index is 1310. The molecule has 35 heavy (non-hydrogen) atoms. The van der Waals surface area contributed by atoms with Crippen molar-refractivity contribution in [3.05, 3.63) is 28.2 Å². The number of hydrogen-bond acceptors (Lipinski definition) is 12. The van der Waals surface area contributed by atoms with Gasteiger partial charge in [0, 0.05) is 11.6 Å². The molecule has 4 heterocycles. The number of imidazole rings is 1. The molecule has 0 aromatic carbocycles. The molecule has 0 amide bonds. The number of nitrogens with zero attached hydrogens (tertiary/aromatic N) is 5. The molecule has 4 atom stereocenters. The molecule has 0 unspecified atom stereocenters. The number of halogens is 1. The highest BCUT2D eigenvalue weighted by Gasteiger charge is 2.58. The van der Waals surface area contributed by atoms with Crippen molar-refractivity contribution >= 4 is 51.9 Å². The summed E-state index contributed by atoms with van der Waals surface area (Å²) in [7, 11) is 0. The maximum atomic E-state index is 12.0. The number of nitrogens with two attached hydrogens (primary N) is 1. The van der Waals surface area contributed by atoms with Crippen molar-refractivity contribution < 1.29 is 39.5 Å². The number of anilines is 1. The normalized spacial score (nSPS) is 24.5. The van der Waals surface area contributed by atoms with Gasteiger partial charge in [-0.2, -0.15) is 9.97 Å². The van der Waals surface area contributed by atoms with Crippen molar-refractivity contribution in [3.8, 4) is 12.3 Å². The molecule has 1 fully saturated rings. The van der Waals surface area contributed by atoms with Crippen molar-refractivity contribution in [2.45, 2.75) is 36.1 Å². The van der Waals surface area contributed by atoms with Crippen molar-refractivity contribution in [1.29, 1.82) is 0 Å². The number of aromatic nitrogens is 5. The second kappa shape index (κ2) is 9.00. The van der Waals surface area contributed by atoms with Gasteiger partial charge in [-0.05, 0) is 11.6 Å². The van der Waals surface area contributed by atoms with E-state index in [1.807, 2.05) is 5.92 Å². The first-order valence-corrected chi connectivity index (χ1v) is 11.0. The van der Waals surface area contributed by atoms with E-state index in [9.17, 15) is 30.0 Å². The molecule has 1 saturated heterocycles. The zero-order valence-corrected chi connectivity index (χ0v) is 19.0. The van der Waals surface area contributed by atoms with Crippen LogP contribution in [-0.4, -0.2) is 86.9 Å². The third kappa shape index (κ3) is 4.05. The summed E-state index contributed by atoms with van der Waals surface area (Å²) in [6, 6.07) is 0. The van der Waals surface area contributed by atoms with Gasteiger partial charge in [0.15, 0.2) is 23.3 Å². The number of rotatable bonds is 8. The number of carboxylic acid groups (broad SMARTS) is 2. The van der Waals surface area contributed by atoms with Gasteiger partial charge in [0.05, 0.1) is 24.4 Å². The molecule has 0 spiro atoms. The number of hydrogen-bond donors (Lipinski definition) is 5. The van der Waals surface area contributed by atoms with Crippen molar-refractivity contribution in [2.24, 2.45) is 0 Å². The van der Waals surface area contributed by atoms with Crippen LogP contribution < -0.4 is 5.73 Å². The fourth-order valence-corrected chi connectivity index (χ4v) is 4.46. The van der Waals surface area contributed by atoms with Crippen LogP contribution >= 0.6 is 22.9 Å². The van der Waals surface area contributed by atoms with E-state index in [1.54, 1.807) is 5.38 Å². The Hall–Kier alpha value is -3.39. The van der Waals surface area contributed by atoms with Crippen molar-refractivity contribution in [3.63, 3.8) is 0 Å². The summed E-state index contributed by atoms with van der Waals surface area (Å²) in [4.78, 5) is 39.7. The Morgan fingerprint density at radius 1 is 1.37 bits per heavy atom. The van der Waals surface area contributed by atoms with E-state index in [4.69, 9.17) is 33.2 Å². The molecule has 0 radical (unpaired) electrons. The molecule has 1 aliphatic heterocycles. The number of aliphatic hydroxyl groups is 2. The molecule has 6 N–H and O–H groups in total. The average molecular weight is 525 g/mol. The highest BCUT2D eigenvalue weighted by Crippen LogP contribution is 2.39. The van der Waals surface area contributed by atoms with Crippen LogP contribution in [0.5, 0.6) is 0 Å². The Labute approximate surface area is 204 Å². The molecule has 184 valence electrons. The molecule has 3 aromatic heterocycles. The van der Waals surface area contributed by atoms with E-state index >= 15 is 0 Å². The molecule has 16 heteroatoms. The number of aliphatic hydroxyl groups excluding tert-OH is 1. The second-order valence-electron chi connectivity index (χ2n) is 7.48. The Kier molecular flexibility index (Phi) is 6.36. The van der Waals surface area contributed by atoms with E-state index in [1.165, 1.54) is 17.1 Å². The van der Waals surface area contributed by atoms with Crippen LogP contribution in [0.25, 0.3) is 11.2 Å². The van der Waals surface area contributed by atoms with E-state index in [0.717, 1.165) is 11.3 Å². The third-order valence-corrected chi connectivity index (χ3v) is 6.45. The molecule has 0 bridgehead atoms. The lowest BCUT2D eigenvalue weighted by molar-refractivity contribution is -0.191. The lowest BCUT2D eigenvalue weighted by Crippen LogP contribution is -2.55. The second-order valence-corrected chi connectivity index (χ2v) is 8.80. The number of thiazole rings is 1. The lowest BCUT2D eigenvalue weighted by atomic mass is 9.93. The monoisotopic (exact) mass is 524 g/mol. The van der Waals surface area contributed by atoms with E-state index in [2.05, 4.69) is 19.9 Å². The highest BCUT2D eigenvalue weighted by molar-refractivity contribution is 7.09. The largest absolute Gasteiger partial charge is 0.479 e. The van der Waals surface area contributed by atoms with Crippen LogP contribution in [0, 0.1) is 12.3 Å². The number of terminal acetylenes is 1. The van der Waals surface area contributed by atoms with E-state index in [-0.39, 0.29) is 27.3 Å². The van der Waals surface area contributed by atoms with Gasteiger partial charge in [-0.1, -0.05) is 5.92 Å². The summed E-state index contributed by atoms with van der Waals surface area (Å²) in [6.45, 7) is -0.817. The molecule has 3 aromatic rings. The molecule has 1 aliphatic rings. The van der Waals surface area contributed by atoms with E-state index in [0.29, 0.717) is 0 Å². The summed E-state index contributed by atoms with van der Waals surface area (Å²) in [6.07, 6.45) is 2.68. The number of carbonyl (C=O) groups is 2. The molecule has 0 aliphatic carbocycles. The van der Waals surface area contributed by atoms with Crippen LogP contribution in [0.3, 0.4) is 0 Å². The van der Waals surface area contributed by atoms with Crippen molar-refractivity contribution in [1.82, 2.24) is 24.5 Å². The first-order valence-electron chi connectivity index (χ1n) is 9.72. The first-order chi connectivity index (χ1) is 16.5. The smallest absolute Gasteiger partial charge is 0.348 e. The molecule has 0 saturated carbocycles. The Morgan fingerprint density at radius 2 is 2.09 bits per heavy atom. The topological polar surface area (TPSA) is 216 Å². The minimum absolute atomic E-state index is 0.0479. The standard InChI is InChI=1S/C19H17ClN6O8S/c1-2-18(32)8(6-33-19(15(28)29,16(30)31)5-9-22-3-4-35-9)34-14(11(18)27)26-7-23-10-12(21)24-17(20)25-13(10)26/h1,3-4,7-8,11,14,27,32H,5-6H2,(H,28,29)(H,30,31)(H2,21,24,25)/t8-,11+,14-,18-/m1/s1. The van der Waals surface area contributed by atoms with Crippen LogP contribution in [0.1, 0.15) is 11.2 Å². The van der Waals surface area contributed by atoms with Gasteiger partial charge >= 0.3 is 11.9 Å². The zero-order valence-electron chi connectivity index (χ0n) is 17.5. The number of ether oxygens (including phenoxy) is 2. The highest BCUT2D eigenvalue weighted by atomic mass is 35.5. The fraction of sp³-hybridized carbons (Fsp3) is 0.368. The minimum Gasteiger partial charge on any atom is -0.479 e. The fourth-order valence-electron chi connectivity index (χ4n) is 3.60. The SMILES string of the molecule is C#C[C@@]1(O)[C@@H](COC(Cc2nccs2)(C(=O)O)C(=O)O)O[C@@H](n2cnc3c(N)nc(Cl)nc32)[C@@H]1O. The first kappa shape index (κ1) is 24.7. The predicted molar refractivity (Wildman–Crippen MR) is 118 cm³/mol. The van der Waals surface area contributed by atoms with Crippen LogP contribution in [0.15, 0.2) is 17.9 Å². The summed E-state index contributed by atoms with van der Waals surface area (Å²) in [5.74, 6) is -1.63. The number of aliphatic carboxylic acids is 2. The van der Waals surface area contributed by atoms with E-state index < -0.39 is 54.6 Å². The molecule has 4 rings (SSSR count). The Balaban J connectivity index is 1.65. The minimum atomic E-state index is -2.77. The van der Waals surface area contributed by atoms with Gasteiger partial charge in [-0.15, -0.1) is 17.8 Å². The number of fused-ring (bicyclic) bond motifs is 1. The lowest BCUT2D eigenvalue weighted by Gasteiger charge is -2.29. The summed E-state index contributed by atoms with van der Waals surface area (Å²) in [5, 5.41) is 42.8. The van der Waals surface area contributed by atoms with Crippen LogP contribution in [0.2, 0.25) is 5.28 Å². The molecule has 14 nitrogen and oxygen atoms in total. The number of carboxylic acids is 2. The van der Waals surface area contributed by atoms with Crippen molar-refractivity contribution in [2.75, 3.05) is 12.3 Å². The van der Waals surface area contributed by atoms with Gasteiger partial charge in [0.1, 0.15) is 17.7 Å². The van der Waals surface area contributed by atoms with Gasteiger partial charge in [0.2, 0.25) is 5.28 Å². The average Bonchev–Trinajstić information content (AvgIpc) is 3.51. The molecular formula is C19H17ClN6O8S. The van der Waals surface area contributed by atoms with Gasteiger partial charge in [-0.3, -0.25) is 4.57 Å². The molecular weight excluding hydrogens is 508 g/mol. The van der Waals surface area contributed by atoms with Gasteiger partial charge in [-0.25, -0.2) is 19.6 Å². The van der Waals surface area contributed by atoms with Gasteiger partial charge in [0.25, 0.3) is 5.60 Å². The summed E-state index contributed by atoms with van der Waals surface area (Å²) in [5.41, 5.74) is 0.800. The summed E-state index contributed by atoms with van der Waals surface area (Å²) < 4.78 is 12.2. The predicted octanol–water partition coefficient (Wildman–Crippen LogP) is -0.692. The number of nitrogen functional groups attached to an aromatic ring is 1. The maximum absolute atomic E-state index is 12.0. The Morgan fingerprint density at radius 3 is 2.69 bits per heavy atom.